The van der Waals surface area contributed by atoms with E-state index in [0.717, 1.165) is 0 Å². The number of carbonyl (C=O) groups is 3. The summed E-state index contributed by atoms with van der Waals surface area (Å²) in [6.45, 7) is 0. The van der Waals surface area contributed by atoms with Gasteiger partial charge in [0.15, 0.2) is 0 Å². The number of rotatable bonds is 6. The number of nitrogens with zero attached hydrogens (tertiary/aromatic N) is 6. The maximum Gasteiger partial charge on any atom is 0.293 e. The SMILES string of the molecule is O=C(Nc1ccncc1)c1nc(C(=O)Nc2ccncc2)nc(C(=O)Nc2ccncc2)n1. The summed E-state index contributed by atoms with van der Waals surface area (Å²) < 4.78 is 0. The summed E-state index contributed by atoms with van der Waals surface area (Å²) in [5.74, 6) is -3.46. The summed E-state index contributed by atoms with van der Waals surface area (Å²) in [7, 11) is 0. The normalized spacial score (nSPS) is 10.2. The van der Waals surface area contributed by atoms with Crippen LogP contribution in [-0.4, -0.2) is 47.6 Å². The van der Waals surface area contributed by atoms with Gasteiger partial charge in [-0.1, -0.05) is 0 Å². The van der Waals surface area contributed by atoms with Crippen LogP contribution in [0.3, 0.4) is 0 Å². The zero-order chi connectivity index (χ0) is 23.0. The number of amides is 3. The topological polar surface area (TPSA) is 165 Å². The Balaban J connectivity index is 1.65. The first-order chi connectivity index (χ1) is 16.1. The fraction of sp³-hybridized carbons (Fsp3) is 0. The molecule has 162 valence electrons. The number of hydrogen-bond donors (Lipinski definition) is 3. The van der Waals surface area contributed by atoms with Crippen LogP contribution in [0.2, 0.25) is 0 Å². The molecule has 3 amide bonds. The van der Waals surface area contributed by atoms with E-state index in [9.17, 15) is 14.4 Å². The highest BCUT2D eigenvalue weighted by molar-refractivity contribution is 6.07. The number of aromatic nitrogens is 6. The molecule has 0 bridgehead atoms. The van der Waals surface area contributed by atoms with Crippen molar-refractivity contribution in [2.45, 2.75) is 0 Å². The molecule has 12 heteroatoms. The van der Waals surface area contributed by atoms with E-state index in [1.165, 1.54) is 37.2 Å². The fourth-order valence-electron chi connectivity index (χ4n) is 2.55. The Morgan fingerprint density at radius 3 is 0.939 bits per heavy atom. The van der Waals surface area contributed by atoms with Crippen molar-refractivity contribution in [3.8, 4) is 0 Å². The van der Waals surface area contributed by atoms with Crippen LogP contribution in [0, 0.1) is 0 Å². The maximum atomic E-state index is 12.7. The predicted octanol–water partition coefficient (Wildman–Crippen LogP) is 1.81. The predicted molar refractivity (Wildman–Crippen MR) is 116 cm³/mol. The molecule has 0 atom stereocenters. The summed E-state index contributed by atoms with van der Waals surface area (Å²) >= 11 is 0. The third kappa shape index (κ3) is 5.52. The minimum absolute atomic E-state index is 0.415. The second-order valence-corrected chi connectivity index (χ2v) is 6.38. The van der Waals surface area contributed by atoms with Crippen molar-refractivity contribution in [1.82, 2.24) is 29.9 Å². The zero-order valence-electron chi connectivity index (χ0n) is 16.8. The molecular formula is C21H15N9O3. The lowest BCUT2D eigenvalue weighted by molar-refractivity contribution is 0.100. The number of anilines is 3. The van der Waals surface area contributed by atoms with Crippen LogP contribution >= 0.6 is 0 Å². The molecule has 0 aliphatic heterocycles. The Morgan fingerprint density at radius 2 is 0.697 bits per heavy atom. The first-order valence-electron chi connectivity index (χ1n) is 9.49. The van der Waals surface area contributed by atoms with Crippen LogP contribution in [0.5, 0.6) is 0 Å². The molecule has 4 rings (SSSR count). The lowest BCUT2D eigenvalue weighted by atomic mass is 10.3. The lowest BCUT2D eigenvalue weighted by Crippen LogP contribution is -2.26. The van der Waals surface area contributed by atoms with Gasteiger partial charge in [0.25, 0.3) is 17.7 Å². The van der Waals surface area contributed by atoms with Crippen molar-refractivity contribution in [3.63, 3.8) is 0 Å². The van der Waals surface area contributed by atoms with Gasteiger partial charge in [0, 0.05) is 54.2 Å². The Morgan fingerprint density at radius 1 is 0.455 bits per heavy atom. The van der Waals surface area contributed by atoms with Crippen molar-refractivity contribution < 1.29 is 14.4 Å². The van der Waals surface area contributed by atoms with Gasteiger partial charge in [-0.25, -0.2) is 0 Å². The highest BCUT2D eigenvalue weighted by atomic mass is 16.2. The van der Waals surface area contributed by atoms with Gasteiger partial charge < -0.3 is 16.0 Å². The van der Waals surface area contributed by atoms with Gasteiger partial charge >= 0.3 is 0 Å². The largest absolute Gasteiger partial charge is 0.319 e. The number of carbonyl (C=O) groups excluding carboxylic acids is 3. The molecule has 0 spiro atoms. The van der Waals surface area contributed by atoms with Gasteiger partial charge in [-0.3, -0.25) is 29.3 Å². The average molecular weight is 441 g/mol. The molecule has 4 heterocycles. The van der Waals surface area contributed by atoms with Gasteiger partial charge in [0.2, 0.25) is 17.5 Å². The minimum atomic E-state index is -0.737. The van der Waals surface area contributed by atoms with E-state index >= 15 is 0 Å². The van der Waals surface area contributed by atoms with E-state index in [1.807, 2.05) is 0 Å². The molecular weight excluding hydrogens is 426 g/mol. The van der Waals surface area contributed by atoms with Crippen LogP contribution in [0.1, 0.15) is 31.9 Å². The Labute approximate surface area is 186 Å². The lowest BCUT2D eigenvalue weighted by Gasteiger charge is -2.09. The second-order valence-electron chi connectivity index (χ2n) is 6.38. The molecule has 3 N–H and O–H groups in total. The average Bonchev–Trinajstić information content (AvgIpc) is 2.85. The van der Waals surface area contributed by atoms with E-state index in [4.69, 9.17) is 0 Å². The Hall–Kier alpha value is -5.13. The molecule has 0 saturated carbocycles. The van der Waals surface area contributed by atoms with Crippen LogP contribution < -0.4 is 16.0 Å². The Kier molecular flexibility index (Phi) is 6.26. The molecule has 0 aliphatic carbocycles. The molecule has 12 nitrogen and oxygen atoms in total. The molecule has 0 aromatic carbocycles. The highest BCUT2D eigenvalue weighted by Crippen LogP contribution is 2.10. The fourth-order valence-corrected chi connectivity index (χ4v) is 2.55. The van der Waals surface area contributed by atoms with Crippen molar-refractivity contribution >= 4 is 34.8 Å². The summed E-state index contributed by atoms with van der Waals surface area (Å²) in [6, 6.07) is 9.38. The van der Waals surface area contributed by atoms with Crippen molar-refractivity contribution in [2.24, 2.45) is 0 Å². The smallest absolute Gasteiger partial charge is 0.293 e. The van der Waals surface area contributed by atoms with Crippen molar-refractivity contribution in [2.75, 3.05) is 16.0 Å². The van der Waals surface area contributed by atoms with Gasteiger partial charge in [-0.15, -0.1) is 0 Å². The molecule has 4 aromatic heterocycles. The maximum absolute atomic E-state index is 12.7. The van der Waals surface area contributed by atoms with E-state index in [-0.39, 0.29) is 0 Å². The molecule has 0 radical (unpaired) electrons. The number of pyridine rings is 3. The molecule has 4 aromatic rings. The van der Waals surface area contributed by atoms with Crippen molar-refractivity contribution in [3.05, 3.63) is 91.1 Å². The van der Waals surface area contributed by atoms with Gasteiger partial charge in [-0.05, 0) is 36.4 Å². The summed E-state index contributed by atoms with van der Waals surface area (Å²) in [4.78, 5) is 61.6. The van der Waals surface area contributed by atoms with Gasteiger partial charge in [-0.2, -0.15) is 15.0 Å². The van der Waals surface area contributed by atoms with Crippen LogP contribution in [-0.2, 0) is 0 Å². The minimum Gasteiger partial charge on any atom is -0.319 e. The van der Waals surface area contributed by atoms with Crippen LogP contribution in [0.15, 0.2) is 73.6 Å². The third-order valence-electron chi connectivity index (χ3n) is 4.06. The zero-order valence-corrected chi connectivity index (χ0v) is 16.8. The standard InChI is InChI=1S/C21H15N9O3/c31-19(25-13-1-7-22-8-2-13)16-28-17(20(32)26-14-3-9-23-10-4-14)30-18(29-16)21(33)27-15-5-11-24-12-6-15/h1-12H,(H,22,25,31)(H,23,26,32)(H,24,27,33). The van der Waals surface area contributed by atoms with E-state index in [2.05, 4.69) is 45.9 Å². The second kappa shape index (κ2) is 9.78. The quantitative estimate of drug-likeness (QED) is 0.404. The van der Waals surface area contributed by atoms with Gasteiger partial charge in [0.1, 0.15) is 0 Å². The monoisotopic (exact) mass is 441 g/mol. The number of hydrogen-bond acceptors (Lipinski definition) is 9. The van der Waals surface area contributed by atoms with Crippen LogP contribution in [0.4, 0.5) is 17.1 Å². The molecule has 33 heavy (non-hydrogen) atoms. The first kappa shape index (κ1) is 21.1. The van der Waals surface area contributed by atoms with Crippen LogP contribution in [0.25, 0.3) is 0 Å². The van der Waals surface area contributed by atoms with E-state index in [0.29, 0.717) is 17.1 Å². The highest BCUT2D eigenvalue weighted by Gasteiger charge is 2.22. The third-order valence-corrected chi connectivity index (χ3v) is 4.06. The summed E-state index contributed by atoms with van der Waals surface area (Å²) in [5.41, 5.74) is 1.29. The summed E-state index contributed by atoms with van der Waals surface area (Å²) in [6.07, 6.45) is 8.94. The molecule has 0 aliphatic rings. The molecule has 0 unspecified atom stereocenters. The van der Waals surface area contributed by atoms with Crippen molar-refractivity contribution in [1.29, 1.82) is 0 Å². The van der Waals surface area contributed by atoms with E-state index < -0.39 is 35.2 Å². The molecule has 0 fully saturated rings. The first-order valence-corrected chi connectivity index (χ1v) is 9.49. The van der Waals surface area contributed by atoms with Gasteiger partial charge in [0.05, 0.1) is 0 Å². The molecule has 0 saturated heterocycles. The van der Waals surface area contributed by atoms with E-state index in [1.54, 1.807) is 36.4 Å². The summed E-state index contributed by atoms with van der Waals surface area (Å²) in [5, 5.41) is 7.73. The Bertz CT molecular complexity index is 1110. The number of nitrogens with one attached hydrogen (secondary N) is 3.